The second-order valence-corrected chi connectivity index (χ2v) is 15.1. The summed E-state index contributed by atoms with van der Waals surface area (Å²) in [5.74, 6) is 1.13. The number of carbonyl (C=O) groups excluding carboxylic acids is 1. The molecule has 0 atom stereocenters. The van der Waals surface area contributed by atoms with Crippen molar-refractivity contribution in [3.63, 3.8) is 0 Å². The smallest absolute Gasteiger partial charge is 0.162 e. The van der Waals surface area contributed by atoms with Crippen molar-refractivity contribution in [2.24, 2.45) is 17.8 Å². The Hall–Kier alpha value is -3.18. The van der Waals surface area contributed by atoms with Crippen molar-refractivity contribution in [1.29, 1.82) is 0 Å². The fourth-order valence-electron chi connectivity index (χ4n) is 6.29. The van der Waals surface area contributed by atoms with Crippen molar-refractivity contribution in [1.82, 2.24) is 9.97 Å². The summed E-state index contributed by atoms with van der Waals surface area (Å²) >= 11 is 1.79. The van der Waals surface area contributed by atoms with Crippen LogP contribution in [0.25, 0.3) is 43.2 Å². The monoisotopic (exact) mass is 854 g/mol. The summed E-state index contributed by atoms with van der Waals surface area (Å²) in [6.07, 6.45) is 9.85. The topological polar surface area (TPSA) is 63.1 Å². The molecule has 0 aliphatic carbocycles. The molecule has 4 nitrogen and oxygen atoms in total. The molecule has 3 heterocycles. The first-order valence-electron chi connectivity index (χ1n) is 17.6. The summed E-state index contributed by atoms with van der Waals surface area (Å²) in [6.45, 7) is 19.4. The predicted molar refractivity (Wildman–Crippen MR) is 206 cm³/mol. The number of hydrogen-bond donors (Lipinski definition) is 1. The number of allylic oxidation sites excluding steroid dienone is 2. The van der Waals surface area contributed by atoms with E-state index < -0.39 is 0 Å². The maximum Gasteiger partial charge on any atom is 0.162 e. The van der Waals surface area contributed by atoms with Crippen LogP contribution in [-0.4, -0.2) is 20.9 Å². The number of carbonyl (C=O) groups is 1. The van der Waals surface area contributed by atoms with Crippen LogP contribution in [0.2, 0.25) is 0 Å². The van der Waals surface area contributed by atoms with Crippen LogP contribution in [0.4, 0.5) is 0 Å². The van der Waals surface area contributed by atoms with Crippen molar-refractivity contribution in [2.75, 3.05) is 0 Å². The molecule has 0 fully saturated rings. The fourth-order valence-corrected chi connectivity index (χ4v) is 7.21. The van der Waals surface area contributed by atoms with Gasteiger partial charge in [0.1, 0.15) is 0 Å². The van der Waals surface area contributed by atoms with E-state index in [1.54, 1.807) is 11.3 Å². The van der Waals surface area contributed by atoms with E-state index in [4.69, 9.17) is 9.97 Å². The van der Waals surface area contributed by atoms with Crippen molar-refractivity contribution in [3.8, 4) is 22.4 Å². The fraction of sp³-hybridized carbons (Fsp3) is 0.419. The van der Waals surface area contributed by atoms with Gasteiger partial charge in [-0.05, 0) is 66.5 Å². The van der Waals surface area contributed by atoms with Crippen LogP contribution in [0.1, 0.15) is 99.3 Å². The molecule has 49 heavy (non-hydrogen) atoms. The average Bonchev–Trinajstić information content (AvgIpc) is 3.56. The molecule has 0 amide bonds. The van der Waals surface area contributed by atoms with Crippen molar-refractivity contribution >= 4 is 38.0 Å². The van der Waals surface area contributed by atoms with E-state index >= 15 is 0 Å². The van der Waals surface area contributed by atoms with Crippen LogP contribution < -0.4 is 0 Å². The minimum Gasteiger partial charge on any atom is -0.512 e. The van der Waals surface area contributed by atoms with Gasteiger partial charge in [-0.15, -0.1) is 40.5 Å². The van der Waals surface area contributed by atoms with Gasteiger partial charge in [-0.3, -0.25) is 14.8 Å². The third-order valence-electron chi connectivity index (χ3n) is 9.18. The van der Waals surface area contributed by atoms with Gasteiger partial charge in [0.15, 0.2) is 5.78 Å². The van der Waals surface area contributed by atoms with E-state index in [-0.39, 0.29) is 48.9 Å². The third kappa shape index (κ3) is 9.96. The first-order valence-corrected chi connectivity index (χ1v) is 18.5. The first kappa shape index (κ1) is 40.3. The van der Waals surface area contributed by atoms with E-state index in [9.17, 15) is 9.90 Å². The van der Waals surface area contributed by atoms with Gasteiger partial charge in [0.25, 0.3) is 0 Å². The van der Waals surface area contributed by atoms with Crippen molar-refractivity contribution in [3.05, 3.63) is 95.5 Å². The van der Waals surface area contributed by atoms with Crippen LogP contribution in [-0.2, 0) is 36.7 Å². The number of pyridine rings is 2. The summed E-state index contributed by atoms with van der Waals surface area (Å²) < 4.78 is 1.30. The van der Waals surface area contributed by atoms with Crippen LogP contribution in [0.15, 0.2) is 78.1 Å². The van der Waals surface area contributed by atoms with E-state index in [2.05, 4.69) is 94.6 Å². The first-order chi connectivity index (χ1) is 22.9. The number of aliphatic hydroxyl groups is 1. The number of aromatic nitrogens is 2. The molecular weight excluding hydrogens is 801 g/mol. The Balaban J connectivity index is 0.000000347. The van der Waals surface area contributed by atoms with Crippen molar-refractivity contribution < 1.29 is 30.0 Å². The zero-order chi connectivity index (χ0) is 35.0. The van der Waals surface area contributed by atoms with Crippen LogP contribution in [0.5, 0.6) is 0 Å². The van der Waals surface area contributed by atoms with Crippen LogP contribution >= 0.6 is 11.3 Å². The molecule has 3 aromatic heterocycles. The number of hydrogen-bond acceptors (Lipinski definition) is 5. The Morgan fingerprint density at radius 1 is 0.918 bits per heavy atom. The number of fused-ring (bicyclic) bond motifs is 2. The van der Waals surface area contributed by atoms with Crippen molar-refractivity contribution in [2.45, 2.75) is 99.8 Å². The van der Waals surface area contributed by atoms with Gasteiger partial charge in [0, 0.05) is 67.1 Å². The molecule has 0 spiro atoms. The van der Waals surface area contributed by atoms with E-state index in [1.165, 1.54) is 38.4 Å². The van der Waals surface area contributed by atoms with Gasteiger partial charge in [0.2, 0.25) is 0 Å². The van der Waals surface area contributed by atoms with E-state index in [1.807, 2.05) is 40.1 Å². The largest absolute Gasteiger partial charge is 0.512 e. The normalized spacial score (nSPS) is 12.0. The minimum absolute atomic E-state index is 0. The molecule has 5 aromatic rings. The minimum atomic E-state index is 0. The maximum atomic E-state index is 11.7. The standard InChI is InChI=1S/C30H29N2S.C13H24O2.Ir/c1-19(2)14-28-29-24(11-13-33-29)25(18-32-28)21-10-12-31-27(17-21)22-15-20-8-6-7-9-23(20)26(16-22)30(3,4)5;1-5-10(6-2)12(14)9-13(15)11(7-3)8-4;/h6-13,16-19H,14H2,1-5H3;9-11,14H,5-8H2,1-4H3;/q-1;;/b;12-9-;. The molecule has 6 heteroatoms. The summed E-state index contributed by atoms with van der Waals surface area (Å²) in [7, 11) is 0. The molecule has 1 radical (unpaired) electrons. The van der Waals surface area contributed by atoms with Gasteiger partial charge in [-0.25, -0.2) is 0 Å². The number of ketones is 1. The van der Waals surface area contributed by atoms with Gasteiger partial charge in [-0.1, -0.05) is 97.5 Å². The Morgan fingerprint density at radius 2 is 1.59 bits per heavy atom. The van der Waals surface area contributed by atoms with E-state index in [0.717, 1.165) is 54.3 Å². The average molecular weight is 854 g/mol. The van der Waals surface area contributed by atoms with Gasteiger partial charge >= 0.3 is 0 Å². The Labute approximate surface area is 311 Å². The number of rotatable bonds is 11. The predicted octanol–water partition coefficient (Wildman–Crippen LogP) is 12.3. The molecular formula is C43H53IrN2O2S-. The maximum absolute atomic E-state index is 11.7. The summed E-state index contributed by atoms with van der Waals surface area (Å²) in [5.41, 5.74) is 6.83. The van der Waals surface area contributed by atoms with Gasteiger partial charge in [0.05, 0.1) is 16.2 Å². The number of nitrogens with zero attached hydrogens (tertiary/aromatic N) is 2. The molecule has 0 aliphatic heterocycles. The Bertz CT molecular complexity index is 1860. The summed E-state index contributed by atoms with van der Waals surface area (Å²) in [4.78, 5) is 21.3. The molecule has 263 valence electrons. The zero-order valence-electron chi connectivity index (χ0n) is 30.7. The van der Waals surface area contributed by atoms with E-state index in [0.29, 0.717) is 5.92 Å². The molecule has 0 bridgehead atoms. The second kappa shape index (κ2) is 18.2. The Morgan fingerprint density at radius 3 is 2.22 bits per heavy atom. The quantitative estimate of drug-likeness (QED) is 0.0817. The van der Waals surface area contributed by atoms with Gasteiger partial charge < -0.3 is 5.11 Å². The number of benzene rings is 2. The second-order valence-electron chi connectivity index (χ2n) is 14.2. The molecule has 0 saturated heterocycles. The number of aliphatic hydroxyl groups excluding tert-OH is 1. The van der Waals surface area contributed by atoms with Gasteiger partial charge in [-0.2, -0.15) is 0 Å². The van der Waals surface area contributed by atoms with Crippen LogP contribution in [0.3, 0.4) is 0 Å². The SMILES string of the molecule is CC(C)Cc1ncc(-c2ccnc(-c3[c-]c4ccccc4c(C(C)(C)C)c3)c2)c2ccsc12.CCC(CC)C(=O)/C=C(\O)C(CC)CC.[Ir]. The molecule has 0 saturated carbocycles. The summed E-state index contributed by atoms with van der Waals surface area (Å²) in [6, 6.07) is 20.9. The Kier molecular flexibility index (Phi) is 14.9. The molecule has 0 aliphatic rings. The molecule has 2 aromatic carbocycles. The summed E-state index contributed by atoms with van der Waals surface area (Å²) in [5, 5.41) is 15.6. The molecule has 1 N–H and O–H groups in total. The third-order valence-corrected chi connectivity index (χ3v) is 10.1. The van der Waals surface area contributed by atoms with Crippen LogP contribution in [0, 0.1) is 23.8 Å². The zero-order valence-corrected chi connectivity index (χ0v) is 33.9. The number of thiophene rings is 1. The molecule has 0 unspecified atom stereocenters. The molecule has 5 rings (SSSR count).